The molecule has 9 nitrogen and oxygen atoms in total. The smallest absolute Gasteiger partial charge is 0.248 e. The zero-order valence-electron chi connectivity index (χ0n) is 23.7. The van der Waals surface area contributed by atoms with Crippen molar-refractivity contribution in [2.24, 2.45) is 0 Å². The largest absolute Gasteiger partial charge is 0.370 e. The van der Waals surface area contributed by atoms with E-state index in [1.54, 1.807) is 16.0 Å². The summed E-state index contributed by atoms with van der Waals surface area (Å²) in [7, 11) is 0. The van der Waals surface area contributed by atoms with Gasteiger partial charge in [0.1, 0.15) is 5.82 Å². The Morgan fingerprint density at radius 3 is 2.43 bits per heavy atom. The number of rotatable bonds is 6. The number of nitrogen functional groups attached to an aromatic ring is 1. The van der Waals surface area contributed by atoms with Gasteiger partial charge in [0.25, 0.3) is 0 Å². The number of halogens is 1. The molecule has 11 heteroatoms. The highest BCUT2D eigenvalue weighted by atomic mass is 32.1. The molecule has 0 radical (unpaired) electrons. The van der Waals surface area contributed by atoms with Crippen LogP contribution in [0.1, 0.15) is 50.1 Å². The van der Waals surface area contributed by atoms with E-state index in [0.29, 0.717) is 35.1 Å². The van der Waals surface area contributed by atoms with Crippen molar-refractivity contribution in [1.82, 2.24) is 24.6 Å². The number of anilines is 5. The van der Waals surface area contributed by atoms with Gasteiger partial charge in [0.15, 0.2) is 5.82 Å². The van der Waals surface area contributed by atoms with E-state index in [1.807, 2.05) is 12.1 Å². The number of hydrogen-bond acceptors (Lipinski definition) is 9. The second-order valence-electron chi connectivity index (χ2n) is 12.0. The van der Waals surface area contributed by atoms with E-state index >= 15 is 4.39 Å². The first-order valence-electron chi connectivity index (χ1n) is 15.2. The molecule has 9 rings (SSSR count). The van der Waals surface area contributed by atoms with Crippen molar-refractivity contribution in [3.63, 3.8) is 0 Å². The quantitative estimate of drug-likeness (QED) is 0.302. The molecule has 1 aromatic carbocycles. The van der Waals surface area contributed by atoms with Gasteiger partial charge in [-0.15, -0.1) is 5.10 Å². The number of piperidine rings is 2. The second-order valence-corrected chi connectivity index (χ2v) is 12.8. The Morgan fingerprint density at radius 1 is 0.905 bits per heavy atom. The molecular weight excluding hydrogens is 549 g/mol. The first-order chi connectivity index (χ1) is 20.6. The van der Waals surface area contributed by atoms with Crippen LogP contribution in [0.3, 0.4) is 0 Å². The van der Waals surface area contributed by atoms with Crippen LogP contribution in [0.15, 0.2) is 41.1 Å². The second kappa shape index (κ2) is 10.5. The van der Waals surface area contributed by atoms with Gasteiger partial charge >= 0.3 is 0 Å². The average molecular weight is 586 g/mol. The maximum Gasteiger partial charge on any atom is 0.248 e. The van der Waals surface area contributed by atoms with Crippen LogP contribution < -0.4 is 20.9 Å². The number of benzene rings is 1. The van der Waals surface area contributed by atoms with Gasteiger partial charge in [0.2, 0.25) is 11.9 Å². The predicted octanol–water partition coefficient (Wildman–Crippen LogP) is 5.62. The Kier molecular flexibility index (Phi) is 6.51. The zero-order chi connectivity index (χ0) is 28.2. The minimum absolute atomic E-state index is 0.237. The van der Waals surface area contributed by atoms with E-state index in [0.717, 1.165) is 63.1 Å². The van der Waals surface area contributed by atoms with E-state index in [2.05, 4.69) is 53.0 Å². The number of fused-ring (bicyclic) bond motifs is 2. The average Bonchev–Trinajstić information content (AvgIpc) is 3.81. The minimum Gasteiger partial charge on any atom is -0.370 e. The van der Waals surface area contributed by atoms with Gasteiger partial charge in [-0.05, 0) is 98.3 Å². The maximum atomic E-state index is 15.3. The molecule has 0 spiro atoms. The fourth-order valence-electron chi connectivity index (χ4n) is 7.38. The number of hydrogen-bond donors (Lipinski definition) is 2. The lowest BCUT2D eigenvalue weighted by Gasteiger charge is -2.42. The molecule has 218 valence electrons. The number of pyridine rings is 1. The Balaban J connectivity index is 1.03. The summed E-state index contributed by atoms with van der Waals surface area (Å²) in [6, 6.07) is 10.1. The van der Waals surface area contributed by atoms with Crippen molar-refractivity contribution in [3.8, 4) is 16.9 Å². The van der Waals surface area contributed by atoms with E-state index in [1.165, 1.54) is 43.2 Å². The van der Waals surface area contributed by atoms with Crippen LogP contribution in [0.2, 0.25) is 0 Å². The van der Waals surface area contributed by atoms with Gasteiger partial charge in [-0.2, -0.15) is 21.0 Å². The molecule has 42 heavy (non-hydrogen) atoms. The summed E-state index contributed by atoms with van der Waals surface area (Å²) >= 11 is 1.69. The normalized spacial score (nSPS) is 19.5. The lowest BCUT2D eigenvalue weighted by atomic mass is 9.84. The molecule has 3 fully saturated rings. The Morgan fingerprint density at radius 2 is 1.69 bits per heavy atom. The first kappa shape index (κ1) is 26.0. The number of likely N-dealkylation sites (tertiary alicyclic amines) is 1. The number of nitrogens with two attached hydrogens (primary N) is 1. The number of aromatic nitrogens is 4. The molecular formula is C31H36FN9S. The monoisotopic (exact) mass is 585 g/mol. The van der Waals surface area contributed by atoms with Crippen LogP contribution in [0.5, 0.6) is 0 Å². The summed E-state index contributed by atoms with van der Waals surface area (Å²) in [4.78, 5) is 16.8. The summed E-state index contributed by atoms with van der Waals surface area (Å²) in [5.41, 5.74) is 12.3. The topological polar surface area (TPSA) is 91.4 Å². The van der Waals surface area contributed by atoms with Gasteiger partial charge in [0.05, 0.1) is 17.1 Å². The highest BCUT2D eigenvalue weighted by Gasteiger charge is 2.35. The van der Waals surface area contributed by atoms with Crippen LogP contribution in [0, 0.1) is 5.82 Å². The van der Waals surface area contributed by atoms with E-state index in [9.17, 15) is 0 Å². The summed E-state index contributed by atoms with van der Waals surface area (Å²) in [6.07, 6.45) is 7.02. The van der Waals surface area contributed by atoms with Crippen molar-refractivity contribution in [2.45, 2.75) is 50.5 Å². The van der Waals surface area contributed by atoms with Crippen molar-refractivity contribution in [1.29, 1.82) is 0 Å². The molecule has 3 saturated heterocycles. The standard InChI is InChI=1S/C31H36FN9S/c32-25-17-22(3-4-26(25)39-14-7-23(8-15-39)38-10-1-2-11-38)34-31-36-30(33)41(37-31)27-18-24(21-9-16-42-19-21)29-28(35-27)20-5-12-40(29)13-6-20/h3-4,9,16-20,23H,1-2,5-8,10-15H2,(H3,33,34,36,37). The van der Waals surface area contributed by atoms with E-state index in [-0.39, 0.29) is 11.8 Å². The van der Waals surface area contributed by atoms with Crippen molar-refractivity contribution < 1.29 is 4.39 Å². The van der Waals surface area contributed by atoms with Crippen LogP contribution in [0.4, 0.5) is 33.3 Å². The third-order valence-corrected chi connectivity index (χ3v) is 10.2. The maximum absolute atomic E-state index is 15.3. The number of nitrogens with one attached hydrogen (secondary N) is 1. The fourth-order valence-corrected chi connectivity index (χ4v) is 8.03. The highest BCUT2D eigenvalue weighted by Crippen LogP contribution is 2.47. The molecule has 0 aliphatic carbocycles. The van der Waals surface area contributed by atoms with Crippen LogP contribution in [0.25, 0.3) is 16.9 Å². The van der Waals surface area contributed by atoms with Gasteiger partial charge < -0.3 is 25.8 Å². The van der Waals surface area contributed by atoms with Crippen molar-refractivity contribution in [2.75, 3.05) is 60.1 Å². The third-order valence-electron chi connectivity index (χ3n) is 9.55. The van der Waals surface area contributed by atoms with E-state index in [4.69, 9.17) is 10.7 Å². The molecule has 0 saturated carbocycles. The summed E-state index contributed by atoms with van der Waals surface area (Å²) in [6.45, 7) is 6.33. The Labute approximate surface area is 249 Å². The highest BCUT2D eigenvalue weighted by molar-refractivity contribution is 7.08. The molecule has 2 bridgehead atoms. The number of nitrogens with zero attached hydrogens (tertiary/aromatic N) is 7. The summed E-state index contributed by atoms with van der Waals surface area (Å²) in [5.74, 6) is 1.40. The molecule has 5 aliphatic rings. The lowest BCUT2D eigenvalue weighted by Crippen LogP contribution is -2.44. The van der Waals surface area contributed by atoms with Crippen LogP contribution >= 0.6 is 11.3 Å². The molecule has 8 heterocycles. The zero-order valence-corrected chi connectivity index (χ0v) is 24.5. The summed E-state index contributed by atoms with van der Waals surface area (Å²) < 4.78 is 16.9. The molecule has 0 unspecified atom stereocenters. The van der Waals surface area contributed by atoms with Crippen molar-refractivity contribution in [3.05, 3.63) is 52.6 Å². The molecule has 0 amide bonds. The third kappa shape index (κ3) is 4.59. The van der Waals surface area contributed by atoms with Crippen molar-refractivity contribution >= 4 is 40.3 Å². The minimum atomic E-state index is -0.242. The van der Waals surface area contributed by atoms with Crippen LogP contribution in [-0.2, 0) is 0 Å². The number of thiophene rings is 1. The van der Waals surface area contributed by atoms with E-state index < -0.39 is 0 Å². The first-order valence-corrected chi connectivity index (χ1v) is 16.2. The van der Waals surface area contributed by atoms with Gasteiger partial charge in [-0.1, -0.05) is 0 Å². The van der Waals surface area contributed by atoms with Gasteiger partial charge in [0, 0.05) is 49.4 Å². The molecule has 3 aromatic heterocycles. The van der Waals surface area contributed by atoms with Gasteiger partial charge in [-0.3, -0.25) is 0 Å². The fraction of sp³-hybridized carbons (Fsp3) is 0.452. The Bertz CT molecular complexity index is 1580. The SMILES string of the molecule is Nc1nc(Nc2ccc(N3CCC(N4CCCC4)CC3)c(F)c2)nn1-c1cc(-c2ccsc2)c2c(n1)C1CCN2CC1. The van der Waals surface area contributed by atoms with Crippen LogP contribution in [-0.4, -0.2) is 70.0 Å². The molecule has 3 N–H and O–H groups in total. The predicted molar refractivity (Wildman–Crippen MR) is 167 cm³/mol. The Hall–Kier alpha value is -3.70. The summed E-state index contributed by atoms with van der Waals surface area (Å²) in [5, 5.41) is 12.1. The van der Waals surface area contributed by atoms with Gasteiger partial charge in [-0.25, -0.2) is 9.37 Å². The lowest BCUT2D eigenvalue weighted by molar-refractivity contribution is 0.207. The molecule has 0 atom stereocenters. The molecule has 5 aliphatic heterocycles. The molecule has 4 aromatic rings.